The van der Waals surface area contributed by atoms with Crippen LogP contribution in [0.15, 0.2) is 30.3 Å². The van der Waals surface area contributed by atoms with Crippen LogP contribution in [0.1, 0.15) is 12.0 Å². The van der Waals surface area contributed by atoms with Crippen LogP contribution in [-0.4, -0.2) is 45.4 Å². The fraction of sp³-hybridized carbons (Fsp3) is 0.571. The first kappa shape index (κ1) is 12.6. The van der Waals surface area contributed by atoms with Crippen LogP contribution in [0.25, 0.3) is 0 Å². The second-order valence-electron chi connectivity index (χ2n) is 4.70. The lowest BCUT2D eigenvalue weighted by atomic mass is 9.82. The zero-order valence-electron chi connectivity index (χ0n) is 10.8. The van der Waals surface area contributed by atoms with Crippen molar-refractivity contribution in [3.8, 4) is 0 Å². The number of benzene rings is 1. The second-order valence-corrected chi connectivity index (χ2v) is 4.70. The fourth-order valence-electron chi connectivity index (χ4n) is 2.71. The molecule has 0 radical (unpaired) electrons. The number of nitrogens with zero attached hydrogens (tertiary/aromatic N) is 1. The molecule has 1 fully saturated rings. The van der Waals surface area contributed by atoms with E-state index in [0.717, 1.165) is 19.5 Å². The molecule has 0 spiro atoms. The van der Waals surface area contributed by atoms with E-state index in [1.165, 1.54) is 5.56 Å². The molecule has 1 aromatic carbocycles. The molecular weight excluding hydrogens is 214 g/mol. The Hall–Kier alpha value is -0.900. The Morgan fingerprint density at radius 1 is 1.24 bits per heavy atom. The number of methoxy groups -OCH3 is 2. The Balaban J connectivity index is 2.35. The summed E-state index contributed by atoms with van der Waals surface area (Å²) in [6.07, 6.45) is 1.04. The Kier molecular flexibility index (Phi) is 3.82. The molecule has 3 heteroatoms. The maximum atomic E-state index is 5.86. The van der Waals surface area contributed by atoms with E-state index in [-0.39, 0.29) is 11.7 Å². The van der Waals surface area contributed by atoms with Gasteiger partial charge in [0.15, 0.2) is 0 Å². The molecule has 1 aliphatic rings. The fourth-order valence-corrected chi connectivity index (χ4v) is 2.71. The lowest BCUT2D eigenvalue weighted by Gasteiger charge is -2.45. The minimum absolute atomic E-state index is 0.0775. The number of hydrogen-bond donors (Lipinski definition) is 0. The van der Waals surface area contributed by atoms with Crippen molar-refractivity contribution >= 4 is 0 Å². The lowest BCUT2D eigenvalue weighted by Crippen LogP contribution is -2.54. The number of likely N-dealkylation sites (tertiary alicyclic amines) is 1. The highest BCUT2D eigenvalue weighted by Crippen LogP contribution is 2.37. The van der Waals surface area contributed by atoms with Crippen LogP contribution in [0.5, 0.6) is 0 Å². The molecule has 1 saturated heterocycles. The van der Waals surface area contributed by atoms with Crippen molar-refractivity contribution in [1.82, 2.24) is 4.90 Å². The summed E-state index contributed by atoms with van der Waals surface area (Å²) in [5.74, 6) is 0. The smallest absolute Gasteiger partial charge is 0.121 e. The van der Waals surface area contributed by atoms with E-state index in [1.54, 1.807) is 14.2 Å². The summed E-state index contributed by atoms with van der Waals surface area (Å²) in [5.41, 5.74) is 0.908. The molecule has 1 aliphatic heterocycles. The van der Waals surface area contributed by atoms with Crippen LogP contribution >= 0.6 is 0 Å². The predicted molar refractivity (Wildman–Crippen MR) is 68.0 cm³/mol. The van der Waals surface area contributed by atoms with E-state index in [2.05, 4.69) is 36.2 Å². The monoisotopic (exact) mass is 235 g/mol. The zero-order chi connectivity index (χ0) is 12.3. The maximum Gasteiger partial charge on any atom is 0.121 e. The largest absolute Gasteiger partial charge is 0.377 e. The highest BCUT2D eigenvalue weighted by molar-refractivity contribution is 5.25. The molecule has 2 atom stereocenters. The van der Waals surface area contributed by atoms with Gasteiger partial charge in [0.05, 0.1) is 0 Å². The van der Waals surface area contributed by atoms with Crippen LogP contribution in [0.4, 0.5) is 0 Å². The second kappa shape index (κ2) is 5.17. The van der Waals surface area contributed by atoms with Crippen LogP contribution in [0.3, 0.4) is 0 Å². The van der Waals surface area contributed by atoms with Gasteiger partial charge in [0, 0.05) is 27.3 Å². The Bertz CT molecular complexity index is 354. The summed E-state index contributed by atoms with van der Waals surface area (Å²) in [6, 6.07) is 10.4. The average Bonchev–Trinajstić information content (AvgIpc) is 2.40. The number of ether oxygens (including phenoxy) is 2. The molecule has 1 heterocycles. The molecule has 0 aliphatic carbocycles. The molecule has 17 heavy (non-hydrogen) atoms. The van der Waals surface area contributed by atoms with Crippen molar-refractivity contribution in [3.05, 3.63) is 35.9 Å². The number of hydrogen-bond acceptors (Lipinski definition) is 3. The summed E-state index contributed by atoms with van der Waals surface area (Å²) in [7, 11) is 5.67. The quantitative estimate of drug-likeness (QED) is 0.798. The van der Waals surface area contributed by atoms with Gasteiger partial charge in [-0.25, -0.2) is 0 Å². The van der Waals surface area contributed by atoms with Crippen LogP contribution in [0, 0.1) is 0 Å². The normalized spacial score (nSPS) is 30.4. The van der Waals surface area contributed by atoms with Gasteiger partial charge in [-0.3, -0.25) is 0 Å². The van der Waals surface area contributed by atoms with Gasteiger partial charge in [-0.15, -0.1) is 0 Å². The maximum absolute atomic E-state index is 5.86. The van der Waals surface area contributed by atoms with E-state index in [9.17, 15) is 0 Å². The third kappa shape index (κ3) is 2.23. The standard InChI is InChI=1S/C14H21NO2/c1-15-10-9-14(17-3,13(11-15)16-2)12-7-5-4-6-8-12/h4-8,13H,9-11H2,1-3H3. The molecule has 3 nitrogen and oxygen atoms in total. The van der Waals surface area contributed by atoms with Gasteiger partial charge in [-0.1, -0.05) is 30.3 Å². The van der Waals surface area contributed by atoms with E-state index < -0.39 is 0 Å². The van der Waals surface area contributed by atoms with Crippen molar-refractivity contribution in [2.75, 3.05) is 34.4 Å². The lowest BCUT2D eigenvalue weighted by molar-refractivity contribution is -0.156. The van der Waals surface area contributed by atoms with Gasteiger partial charge in [0.25, 0.3) is 0 Å². The van der Waals surface area contributed by atoms with Gasteiger partial charge in [-0.2, -0.15) is 0 Å². The molecule has 0 saturated carbocycles. The van der Waals surface area contributed by atoms with Gasteiger partial charge in [-0.05, 0) is 19.0 Å². The molecule has 0 bridgehead atoms. The van der Waals surface area contributed by atoms with Crippen molar-refractivity contribution in [2.45, 2.75) is 18.1 Å². The first-order valence-electron chi connectivity index (χ1n) is 6.05. The summed E-state index contributed by atoms with van der Waals surface area (Å²) >= 11 is 0. The van der Waals surface area contributed by atoms with Crippen LogP contribution < -0.4 is 0 Å². The summed E-state index contributed by atoms with van der Waals surface area (Å²) in [6.45, 7) is 1.93. The number of rotatable bonds is 3. The molecular formula is C14H21NO2. The summed E-state index contributed by atoms with van der Waals surface area (Å²) in [5, 5.41) is 0. The van der Waals surface area contributed by atoms with Gasteiger partial charge in [0.2, 0.25) is 0 Å². The van der Waals surface area contributed by atoms with Gasteiger partial charge in [0.1, 0.15) is 11.7 Å². The molecule has 94 valence electrons. The van der Waals surface area contributed by atoms with Crippen LogP contribution in [0.2, 0.25) is 0 Å². The van der Waals surface area contributed by atoms with Gasteiger partial charge < -0.3 is 14.4 Å². The van der Waals surface area contributed by atoms with Crippen molar-refractivity contribution < 1.29 is 9.47 Å². The molecule has 2 unspecified atom stereocenters. The summed E-state index contributed by atoms with van der Waals surface area (Å²) < 4.78 is 11.5. The van der Waals surface area contributed by atoms with Gasteiger partial charge >= 0.3 is 0 Å². The van der Waals surface area contributed by atoms with E-state index in [1.807, 2.05) is 6.07 Å². The molecule has 1 aromatic rings. The van der Waals surface area contributed by atoms with E-state index >= 15 is 0 Å². The van der Waals surface area contributed by atoms with Crippen molar-refractivity contribution in [1.29, 1.82) is 0 Å². The molecule has 2 rings (SSSR count). The zero-order valence-corrected chi connectivity index (χ0v) is 10.8. The third-order valence-electron chi connectivity index (χ3n) is 3.77. The molecule has 0 amide bonds. The Morgan fingerprint density at radius 2 is 1.94 bits per heavy atom. The SMILES string of the molecule is COC1CN(C)CCC1(OC)c1ccccc1. The first-order chi connectivity index (χ1) is 8.23. The number of piperidine rings is 1. The Morgan fingerprint density at radius 3 is 2.53 bits per heavy atom. The minimum Gasteiger partial charge on any atom is -0.377 e. The summed E-state index contributed by atoms with van der Waals surface area (Å²) in [4.78, 5) is 2.29. The average molecular weight is 235 g/mol. The predicted octanol–water partition coefficient (Wildman–Crippen LogP) is 1.88. The number of likely N-dealkylation sites (N-methyl/N-ethyl adjacent to an activating group) is 1. The molecule has 0 N–H and O–H groups in total. The highest BCUT2D eigenvalue weighted by Gasteiger charge is 2.44. The van der Waals surface area contributed by atoms with Crippen LogP contribution in [-0.2, 0) is 15.1 Å². The topological polar surface area (TPSA) is 21.7 Å². The van der Waals surface area contributed by atoms with E-state index in [4.69, 9.17) is 9.47 Å². The van der Waals surface area contributed by atoms with E-state index in [0.29, 0.717) is 0 Å². The highest BCUT2D eigenvalue weighted by atomic mass is 16.5. The van der Waals surface area contributed by atoms with Crippen molar-refractivity contribution in [3.63, 3.8) is 0 Å². The third-order valence-corrected chi connectivity index (χ3v) is 3.77. The minimum atomic E-state index is -0.303. The Labute approximate surface area is 103 Å². The van der Waals surface area contributed by atoms with Crippen molar-refractivity contribution in [2.24, 2.45) is 0 Å². The molecule has 0 aromatic heterocycles. The first-order valence-corrected chi connectivity index (χ1v) is 6.05.